The second-order valence-electron chi connectivity index (χ2n) is 4.91. The number of hydrogen-bond donors (Lipinski definition) is 2. The lowest BCUT2D eigenvalue weighted by molar-refractivity contribution is 0.815. The van der Waals surface area contributed by atoms with Gasteiger partial charge in [-0.2, -0.15) is 5.10 Å². The van der Waals surface area contributed by atoms with Crippen LogP contribution in [0.2, 0.25) is 5.02 Å². The van der Waals surface area contributed by atoms with E-state index in [1.807, 2.05) is 26.0 Å². The molecule has 1 aromatic carbocycles. The van der Waals surface area contributed by atoms with Crippen LogP contribution in [-0.2, 0) is 0 Å². The average molecular weight is 289 g/mol. The Morgan fingerprint density at radius 3 is 2.75 bits per heavy atom. The third-order valence-electron chi connectivity index (χ3n) is 3.11. The van der Waals surface area contributed by atoms with E-state index in [9.17, 15) is 4.79 Å². The Labute approximate surface area is 120 Å². The summed E-state index contributed by atoms with van der Waals surface area (Å²) in [5.41, 5.74) is 2.31. The molecule has 0 atom stereocenters. The van der Waals surface area contributed by atoms with Crippen molar-refractivity contribution in [3.05, 3.63) is 45.3 Å². The standard InChI is InChI=1S/C14H13ClN4O/c1-7(2)10-11-12(19-18-10)14(20)17-13(16-11)8-4-3-5-9(15)6-8/h3-7H,1-2H3,(H,18,19)(H,16,17,20). The molecule has 6 heteroatoms. The summed E-state index contributed by atoms with van der Waals surface area (Å²) in [5.74, 6) is 0.704. The summed E-state index contributed by atoms with van der Waals surface area (Å²) in [4.78, 5) is 19.3. The number of nitrogens with one attached hydrogen (secondary N) is 2. The van der Waals surface area contributed by atoms with E-state index in [1.54, 1.807) is 12.1 Å². The molecule has 0 saturated carbocycles. The quantitative estimate of drug-likeness (QED) is 0.761. The number of aromatic amines is 2. The highest BCUT2D eigenvalue weighted by Gasteiger charge is 2.15. The van der Waals surface area contributed by atoms with Gasteiger partial charge in [0.25, 0.3) is 5.56 Å². The molecule has 0 amide bonds. The van der Waals surface area contributed by atoms with Gasteiger partial charge in [0.05, 0.1) is 5.69 Å². The number of aromatic nitrogens is 4. The summed E-state index contributed by atoms with van der Waals surface area (Å²) in [7, 11) is 0. The number of H-pyrrole nitrogens is 2. The van der Waals surface area contributed by atoms with Crippen molar-refractivity contribution in [2.24, 2.45) is 0 Å². The molecule has 102 valence electrons. The van der Waals surface area contributed by atoms with Crippen LogP contribution in [0.5, 0.6) is 0 Å². The topological polar surface area (TPSA) is 74.4 Å². The average Bonchev–Trinajstić information content (AvgIpc) is 2.83. The van der Waals surface area contributed by atoms with E-state index in [1.165, 1.54) is 0 Å². The molecule has 20 heavy (non-hydrogen) atoms. The van der Waals surface area contributed by atoms with Crippen LogP contribution in [0, 0.1) is 0 Å². The monoisotopic (exact) mass is 288 g/mol. The fraction of sp³-hybridized carbons (Fsp3) is 0.214. The zero-order valence-electron chi connectivity index (χ0n) is 11.1. The summed E-state index contributed by atoms with van der Waals surface area (Å²) < 4.78 is 0. The van der Waals surface area contributed by atoms with Crippen molar-refractivity contribution in [2.75, 3.05) is 0 Å². The van der Waals surface area contributed by atoms with Gasteiger partial charge in [0, 0.05) is 10.6 Å². The first-order valence-corrected chi connectivity index (χ1v) is 6.68. The van der Waals surface area contributed by atoms with Crippen LogP contribution >= 0.6 is 11.6 Å². The van der Waals surface area contributed by atoms with Gasteiger partial charge in [-0.1, -0.05) is 37.6 Å². The lowest BCUT2D eigenvalue weighted by atomic mass is 10.1. The maximum atomic E-state index is 12.1. The van der Waals surface area contributed by atoms with Crippen LogP contribution < -0.4 is 5.56 Å². The van der Waals surface area contributed by atoms with Crippen molar-refractivity contribution in [3.63, 3.8) is 0 Å². The molecule has 0 fully saturated rings. The molecule has 0 aliphatic heterocycles. The number of benzene rings is 1. The smallest absolute Gasteiger partial charge is 0.279 e. The number of rotatable bonds is 2. The Morgan fingerprint density at radius 2 is 2.05 bits per heavy atom. The number of fused-ring (bicyclic) bond motifs is 1. The zero-order valence-corrected chi connectivity index (χ0v) is 11.8. The van der Waals surface area contributed by atoms with E-state index in [0.29, 0.717) is 21.9 Å². The number of halogens is 1. The summed E-state index contributed by atoms with van der Waals surface area (Å²) in [6, 6.07) is 7.21. The maximum absolute atomic E-state index is 12.1. The van der Waals surface area contributed by atoms with E-state index < -0.39 is 0 Å². The molecule has 0 bridgehead atoms. The van der Waals surface area contributed by atoms with E-state index in [4.69, 9.17) is 11.6 Å². The minimum absolute atomic E-state index is 0.210. The molecule has 0 aliphatic carbocycles. The first-order chi connectivity index (χ1) is 9.56. The third-order valence-corrected chi connectivity index (χ3v) is 3.35. The van der Waals surface area contributed by atoms with Gasteiger partial charge < -0.3 is 4.98 Å². The molecule has 2 N–H and O–H groups in total. The molecule has 3 rings (SSSR count). The van der Waals surface area contributed by atoms with E-state index in [0.717, 1.165) is 11.3 Å². The Bertz CT molecular complexity index is 835. The molecule has 5 nitrogen and oxygen atoms in total. The Kier molecular flexibility index (Phi) is 3.06. The zero-order chi connectivity index (χ0) is 14.3. The van der Waals surface area contributed by atoms with Gasteiger partial charge in [-0.25, -0.2) is 4.98 Å². The van der Waals surface area contributed by atoms with Crippen LogP contribution in [0.1, 0.15) is 25.5 Å². The van der Waals surface area contributed by atoms with Crippen molar-refractivity contribution >= 4 is 22.6 Å². The van der Waals surface area contributed by atoms with Crippen LogP contribution in [0.4, 0.5) is 0 Å². The summed E-state index contributed by atoms with van der Waals surface area (Å²) in [6.07, 6.45) is 0. The fourth-order valence-corrected chi connectivity index (χ4v) is 2.29. The molecule has 0 saturated heterocycles. The van der Waals surface area contributed by atoms with E-state index in [2.05, 4.69) is 20.2 Å². The Morgan fingerprint density at radius 1 is 1.25 bits per heavy atom. The van der Waals surface area contributed by atoms with Gasteiger partial charge in [-0.3, -0.25) is 9.89 Å². The highest BCUT2D eigenvalue weighted by molar-refractivity contribution is 6.30. The van der Waals surface area contributed by atoms with Gasteiger partial charge >= 0.3 is 0 Å². The van der Waals surface area contributed by atoms with Gasteiger partial charge in [0.1, 0.15) is 11.3 Å². The first kappa shape index (κ1) is 12.9. The van der Waals surface area contributed by atoms with Crippen molar-refractivity contribution < 1.29 is 0 Å². The summed E-state index contributed by atoms with van der Waals surface area (Å²) in [5, 5.41) is 7.52. The maximum Gasteiger partial charge on any atom is 0.279 e. The lowest BCUT2D eigenvalue weighted by Crippen LogP contribution is -2.09. The molecular weight excluding hydrogens is 276 g/mol. The lowest BCUT2D eigenvalue weighted by Gasteiger charge is -2.04. The Hall–Kier alpha value is -2.14. The minimum atomic E-state index is -0.256. The number of nitrogens with zero attached hydrogens (tertiary/aromatic N) is 2. The third kappa shape index (κ3) is 2.10. The van der Waals surface area contributed by atoms with Crippen molar-refractivity contribution in [1.29, 1.82) is 0 Å². The summed E-state index contributed by atoms with van der Waals surface area (Å²) >= 11 is 5.98. The first-order valence-electron chi connectivity index (χ1n) is 6.30. The van der Waals surface area contributed by atoms with Crippen LogP contribution in [0.15, 0.2) is 29.1 Å². The molecule has 2 aromatic heterocycles. The normalized spacial score (nSPS) is 11.4. The second kappa shape index (κ2) is 4.76. The van der Waals surface area contributed by atoms with Crippen LogP contribution in [0.25, 0.3) is 22.4 Å². The minimum Gasteiger partial charge on any atom is -0.305 e. The second-order valence-corrected chi connectivity index (χ2v) is 5.35. The fourth-order valence-electron chi connectivity index (χ4n) is 2.10. The highest BCUT2D eigenvalue weighted by atomic mass is 35.5. The van der Waals surface area contributed by atoms with E-state index in [-0.39, 0.29) is 11.5 Å². The van der Waals surface area contributed by atoms with Crippen molar-refractivity contribution in [2.45, 2.75) is 19.8 Å². The van der Waals surface area contributed by atoms with Gasteiger partial charge in [-0.15, -0.1) is 0 Å². The molecular formula is C14H13ClN4O. The van der Waals surface area contributed by atoms with E-state index >= 15 is 0 Å². The molecule has 0 unspecified atom stereocenters. The van der Waals surface area contributed by atoms with Crippen molar-refractivity contribution in [1.82, 2.24) is 20.2 Å². The highest BCUT2D eigenvalue weighted by Crippen LogP contribution is 2.23. The van der Waals surface area contributed by atoms with Gasteiger partial charge in [0.15, 0.2) is 5.52 Å². The van der Waals surface area contributed by atoms with Gasteiger partial charge in [0.2, 0.25) is 0 Å². The molecule has 0 aliphatic rings. The largest absolute Gasteiger partial charge is 0.305 e. The predicted octanol–water partition coefficient (Wildman–Crippen LogP) is 3.09. The molecule has 0 spiro atoms. The molecule has 2 heterocycles. The van der Waals surface area contributed by atoms with Gasteiger partial charge in [-0.05, 0) is 18.1 Å². The predicted molar refractivity (Wildman–Crippen MR) is 79.0 cm³/mol. The van der Waals surface area contributed by atoms with Crippen LogP contribution in [-0.4, -0.2) is 20.2 Å². The van der Waals surface area contributed by atoms with Crippen molar-refractivity contribution in [3.8, 4) is 11.4 Å². The number of hydrogen-bond acceptors (Lipinski definition) is 3. The molecule has 0 radical (unpaired) electrons. The summed E-state index contributed by atoms with van der Waals surface area (Å²) in [6.45, 7) is 4.05. The SMILES string of the molecule is CC(C)c1[nH]nc2c(=O)[nH]c(-c3cccc(Cl)c3)nc12. The molecule has 3 aromatic rings. The van der Waals surface area contributed by atoms with Crippen LogP contribution in [0.3, 0.4) is 0 Å². The Balaban J connectivity index is 2.28.